The normalized spacial score (nSPS) is 17.4. The van der Waals surface area contributed by atoms with Crippen molar-refractivity contribution in [3.8, 4) is 6.07 Å². The molecule has 1 fully saturated rings. The zero-order chi connectivity index (χ0) is 20.8. The highest BCUT2D eigenvalue weighted by molar-refractivity contribution is 8.06. The van der Waals surface area contributed by atoms with Crippen LogP contribution in [0.4, 0.5) is 5.82 Å². The number of aromatic nitrogens is 2. The Morgan fingerprint density at radius 2 is 2.17 bits per heavy atom. The van der Waals surface area contributed by atoms with E-state index in [2.05, 4.69) is 26.7 Å². The summed E-state index contributed by atoms with van der Waals surface area (Å²) in [5.41, 5.74) is 2.42. The zero-order valence-electron chi connectivity index (χ0n) is 16.5. The number of amides is 1. The maximum Gasteiger partial charge on any atom is 0.222 e. The van der Waals surface area contributed by atoms with Crippen LogP contribution >= 0.6 is 11.8 Å². The molecule has 1 aromatic heterocycles. The summed E-state index contributed by atoms with van der Waals surface area (Å²) in [7, 11) is 0. The molecule has 3 heterocycles. The molecule has 2 N–H and O–H groups in total. The van der Waals surface area contributed by atoms with Gasteiger partial charge in [-0.3, -0.25) is 4.79 Å². The van der Waals surface area contributed by atoms with Gasteiger partial charge in [-0.1, -0.05) is 42.1 Å². The monoisotopic (exact) mass is 418 g/mol. The Morgan fingerprint density at radius 3 is 2.93 bits per heavy atom. The molecule has 152 valence electrons. The highest BCUT2D eigenvalue weighted by atomic mass is 32.2. The number of nitrogens with zero attached hydrogens (tertiary/aromatic N) is 4. The standard InChI is InChI=1S/C22H22N6OS/c23-14-17(22-26-18(15-30-22)16-6-2-1-3-7-16)21-25-11-9-19(27-21)24-10-5-13-28-12-4-8-20(28)29/h1-3,6-7,9,11,15,26H,4-5,8,10,12-13H2,(H,24,25,27). The second-order valence-corrected chi connectivity index (χ2v) is 7.87. The Bertz CT molecular complexity index is 1030. The smallest absolute Gasteiger partial charge is 0.222 e. The molecule has 2 aliphatic rings. The van der Waals surface area contributed by atoms with Crippen LogP contribution in [0.1, 0.15) is 30.7 Å². The lowest BCUT2D eigenvalue weighted by Crippen LogP contribution is -2.27. The van der Waals surface area contributed by atoms with Crippen molar-refractivity contribution in [3.05, 3.63) is 64.4 Å². The lowest BCUT2D eigenvalue weighted by molar-refractivity contribution is -0.127. The molecule has 4 rings (SSSR count). The molecule has 0 saturated carbocycles. The van der Waals surface area contributed by atoms with Crippen molar-refractivity contribution in [1.82, 2.24) is 20.2 Å². The summed E-state index contributed by atoms with van der Waals surface area (Å²) < 4.78 is 0. The van der Waals surface area contributed by atoms with Crippen molar-refractivity contribution in [3.63, 3.8) is 0 Å². The van der Waals surface area contributed by atoms with Gasteiger partial charge in [0.15, 0.2) is 5.82 Å². The molecule has 8 heteroatoms. The van der Waals surface area contributed by atoms with Crippen LogP contribution in [0.3, 0.4) is 0 Å². The van der Waals surface area contributed by atoms with Gasteiger partial charge in [0.05, 0.1) is 10.7 Å². The molecule has 1 saturated heterocycles. The number of hydrogen-bond donors (Lipinski definition) is 2. The van der Waals surface area contributed by atoms with Crippen LogP contribution in [-0.4, -0.2) is 40.4 Å². The summed E-state index contributed by atoms with van der Waals surface area (Å²) in [5.74, 6) is 1.30. The number of nitriles is 1. The van der Waals surface area contributed by atoms with Gasteiger partial charge < -0.3 is 15.5 Å². The molecule has 0 bridgehead atoms. The number of anilines is 1. The molecule has 0 aliphatic carbocycles. The first-order chi connectivity index (χ1) is 14.7. The van der Waals surface area contributed by atoms with E-state index in [1.165, 1.54) is 11.8 Å². The Balaban J connectivity index is 1.39. The topological polar surface area (TPSA) is 93.9 Å². The summed E-state index contributed by atoms with van der Waals surface area (Å²) in [6, 6.07) is 14.0. The van der Waals surface area contributed by atoms with Crippen LogP contribution in [-0.2, 0) is 4.79 Å². The van der Waals surface area contributed by atoms with Gasteiger partial charge in [-0.05, 0) is 24.5 Å². The van der Waals surface area contributed by atoms with Gasteiger partial charge in [-0.15, -0.1) is 0 Å². The maximum atomic E-state index is 11.7. The Kier molecular flexibility index (Phi) is 6.30. The minimum Gasteiger partial charge on any atom is -0.370 e. The van der Waals surface area contributed by atoms with Gasteiger partial charge in [0.1, 0.15) is 17.5 Å². The summed E-state index contributed by atoms with van der Waals surface area (Å²) in [5, 5.41) is 19.0. The van der Waals surface area contributed by atoms with E-state index in [9.17, 15) is 10.1 Å². The number of carbonyl (C=O) groups is 1. The fourth-order valence-corrected chi connectivity index (χ4v) is 4.24. The molecule has 0 atom stereocenters. The molecule has 0 unspecified atom stereocenters. The van der Waals surface area contributed by atoms with Crippen LogP contribution < -0.4 is 10.6 Å². The second kappa shape index (κ2) is 9.46. The quantitative estimate of drug-likeness (QED) is 0.525. The van der Waals surface area contributed by atoms with E-state index in [0.717, 1.165) is 42.2 Å². The van der Waals surface area contributed by atoms with Crippen molar-refractivity contribution in [2.75, 3.05) is 25.0 Å². The Hall–Kier alpha value is -3.31. The number of allylic oxidation sites excluding steroid dienone is 1. The number of nitrogens with one attached hydrogen (secondary N) is 2. The van der Waals surface area contributed by atoms with Crippen molar-refractivity contribution >= 4 is 34.8 Å². The molecular formula is C22H22N6OS. The fraction of sp³-hybridized carbons (Fsp3) is 0.273. The van der Waals surface area contributed by atoms with Crippen molar-refractivity contribution in [1.29, 1.82) is 5.26 Å². The zero-order valence-corrected chi connectivity index (χ0v) is 17.3. The maximum absolute atomic E-state index is 11.7. The first-order valence-electron chi connectivity index (χ1n) is 9.93. The summed E-state index contributed by atoms with van der Waals surface area (Å²) in [6.07, 6.45) is 4.12. The van der Waals surface area contributed by atoms with Crippen molar-refractivity contribution < 1.29 is 4.79 Å². The molecular weight excluding hydrogens is 396 g/mol. The summed E-state index contributed by atoms with van der Waals surface area (Å²) >= 11 is 1.46. The number of carbonyl (C=O) groups excluding carboxylic acids is 1. The first kappa shape index (κ1) is 20.0. The van der Waals surface area contributed by atoms with E-state index in [-0.39, 0.29) is 5.91 Å². The molecule has 0 spiro atoms. The van der Waals surface area contributed by atoms with E-state index < -0.39 is 0 Å². The molecule has 1 amide bonds. The minimum absolute atomic E-state index is 0.245. The van der Waals surface area contributed by atoms with Crippen LogP contribution in [0.15, 0.2) is 53.0 Å². The number of hydrogen-bond acceptors (Lipinski definition) is 7. The largest absolute Gasteiger partial charge is 0.370 e. The highest BCUT2D eigenvalue weighted by Crippen LogP contribution is 2.34. The average Bonchev–Trinajstić information content (AvgIpc) is 3.42. The van der Waals surface area contributed by atoms with E-state index in [1.54, 1.807) is 12.3 Å². The minimum atomic E-state index is 0.245. The molecule has 0 radical (unpaired) electrons. The third-order valence-electron chi connectivity index (χ3n) is 4.93. The van der Waals surface area contributed by atoms with Gasteiger partial charge in [0, 0.05) is 37.7 Å². The number of rotatable bonds is 7. The summed E-state index contributed by atoms with van der Waals surface area (Å²) in [6.45, 7) is 2.32. The first-order valence-corrected chi connectivity index (χ1v) is 10.8. The Labute approximate surface area is 179 Å². The van der Waals surface area contributed by atoms with E-state index in [0.29, 0.717) is 30.2 Å². The molecule has 2 aliphatic heterocycles. The molecule has 7 nitrogen and oxygen atoms in total. The average molecular weight is 419 g/mol. The lowest BCUT2D eigenvalue weighted by Gasteiger charge is -2.15. The van der Waals surface area contributed by atoms with Crippen LogP contribution in [0.2, 0.25) is 0 Å². The van der Waals surface area contributed by atoms with Crippen LogP contribution in [0.25, 0.3) is 11.3 Å². The van der Waals surface area contributed by atoms with E-state index >= 15 is 0 Å². The molecule has 1 aromatic carbocycles. The molecule has 30 heavy (non-hydrogen) atoms. The van der Waals surface area contributed by atoms with Gasteiger partial charge >= 0.3 is 0 Å². The lowest BCUT2D eigenvalue weighted by atomic mass is 10.2. The number of thioether (sulfide) groups is 1. The second-order valence-electron chi connectivity index (χ2n) is 6.99. The predicted molar refractivity (Wildman–Crippen MR) is 119 cm³/mol. The predicted octanol–water partition coefficient (Wildman–Crippen LogP) is 3.43. The van der Waals surface area contributed by atoms with Gasteiger partial charge in [0.25, 0.3) is 0 Å². The highest BCUT2D eigenvalue weighted by Gasteiger charge is 2.20. The summed E-state index contributed by atoms with van der Waals surface area (Å²) in [4.78, 5) is 22.4. The van der Waals surface area contributed by atoms with Crippen LogP contribution in [0.5, 0.6) is 0 Å². The van der Waals surface area contributed by atoms with E-state index in [4.69, 9.17) is 0 Å². The third-order valence-corrected chi connectivity index (χ3v) is 5.82. The van der Waals surface area contributed by atoms with Crippen molar-refractivity contribution in [2.45, 2.75) is 19.3 Å². The molecule has 2 aromatic rings. The SMILES string of the molecule is N#CC(=C1NC(c2ccccc2)=CS1)c1nccc(NCCCN2CCCC2=O)n1. The van der Waals surface area contributed by atoms with Crippen molar-refractivity contribution in [2.24, 2.45) is 0 Å². The third kappa shape index (κ3) is 4.63. The number of likely N-dealkylation sites (tertiary alicyclic amines) is 1. The number of benzene rings is 1. The Morgan fingerprint density at radius 1 is 1.30 bits per heavy atom. The van der Waals surface area contributed by atoms with Gasteiger partial charge in [0.2, 0.25) is 5.91 Å². The van der Waals surface area contributed by atoms with Crippen LogP contribution in [0, 0.1) is 11.3 Å². The van der Waals surface area contributed by atoms with E-state index in [1.807, 2.05) is 40.6 Å². The van der Waals surface area contributed by atoms with Gasteiger partial charge in [-0.2, -0.15) is 5.26 Å². The van der Waals surface area contributed by atoms with Gasteiger partial charge in [-0.25, -0.2) is 9.97 Å². The fourth-order valence-electron chi connectivity index (χ4n) is 3.39.